The maximum Gasteiger partial charge on any atom is 0.243 e. The van der Waals surface area contributed by atoms with Gasteiger partial charge in [-0.2, -0.15) is 0 Å². The van der Waals surface area contributed by atoms with E-state index in [0.717, 1.165) is 50.9 Å². The van der Waals surface area contributed by atoms with Crippen molar-refractivity contribution in [1.82, 2.24) is 10.6 Å². The van der Waals surface area contributed by atoms with Crippen LogP contribution in [-0.4, -0.2) is 49.8 Å². The summed E-state index contributed by atoms with van der Waals surface area (Å²) in [6.45, 7) is 3.74. The van der Waals surface area contributed by atoms with E-state index in [4.69, 9.17) is 9.47 Å². The second-order valence-corrected chi connectivity index (χ2v) is 9.25. The van der Waals surface area contributed by atoms with Gasteiger partial charge in [0.25, 0.3) is 0 Å². The van der Waals surface area contributed by atoms with E-state index in [0.29, 0.717) is 25.0 Å². The summed E-state index contributed by atoms with van der Waals surface area (Å²) in [6.07, 6.45) is 15.4. The Morgan fingerprint density at radius 2 is 1.70 bits per heavy atom. The summed E-state index contributed by atoms with van der Waals surface area (Å²) in [6, 6.07) is 7.55. The Labute approximate surface area is 196 Å². The number of carbonyl (C=O) groups excluding carboxylic acids is 2. The van der Waals surface area contributed by atoms with Gasteiger partial charge in [0, 0.05) is 18.9 Å². The molecule has 0 aromatic heterocycles. The van der Waals surface area contributed by atoms with Crippen molar-refractivity contribution < 1.29 is 19.1 Å². The molecule has 2 saturated heterocycles. The lowest BCUT2D eigenvalue weighted by molar-refractivity contribution is -0.125. The zero-order chi connectivity index (χ0) is 23.0. The topological polar surface area (TPSA) is 83.3 Å². The molecule has 4 rings (SSSR count). The minimum atomic E-state index is -0.598. The molecule has 0 spiro atoms. The standard InChI is InChI=1S/C27H34N2O4/c1-19(13-21-4-2-3-20(5-6-21)11-12-24-16-32-24)29-27(31)26(28-18-30)15-23-9-7-22(8-10-23)14-25-17-33-25/h3-10,18-19,24-26H,2,11-17H2,1H3,(H,28,30)(H,29,31). The lowest BCUT2D eigenvalue weighted by atomic mass is 10.0. The minimum absolute atomic E-state index is 0.0355. The summed E-state index contributed by atoms with van der Waals surface area (Å²) in [7, 11) is 0. The number of nitrogens with one attached hydrogen (secondary N) is 2. The molecule has 4 atom stereocenters. The van der Waals surface area contributed by atoms with Crippen LogP contribution < -0.4 is 10.6 Å². The molecule has 1 aromatic carbocycles. The highest BCUT2D eigenvalue weighted by Crippen LogP contribution is 2.23. The lowest BCUT2D eigenvalue weighted by Crippen LogP contribution is -2.48. The Hall–Kier alpha value is -2.70. The van der Waals surface area contributed by atoms with Gasteiger partial charge in [-0.3, -0.25) is 9.59 Å². The first-order chi connectivity index (χ1) is 16.1. The Morgan fingerprint density at radius 1 is 1.03 bits per heavy atom. The average molecular weight is 451 g/mol. The fourth-order valence-corrected chi connectivity index (χ4v) is 4.16. The van der Waals surface area contributed by atoms with Gasteiger partial charge in [-0.25, -0.2) is 0 Å². The van der Waals surface area contributed by atoms with Crippen molar-refractivity contribution in [3.05, 3.63) is 70.8 Å². The molecule has 2 amide bonds. The molecule has 33 heavy (non-hydrogen) atoms. The highest BCUT2D eigenvalue weighted by Gasteiger charge is 2.24. The van der Waals surface area contributed by atoms with Gasteiger partial charge in [-0.05, 0) is 49.3 Å². The second-order valence-electron chi connectivity index (χ2n) is 9.25. The zero-order valence-corrected chi connectivity index (χ0v) is 19.3. The van der Waals surface area contributed by atoms with Crippen LogP contribution in [0.15, 0.2) is 59.7 Å². The quantitative estimate of drug-likeness (QED) is 0.357. The number of hydrogen-bond acceptors (Lipinski definition) is 4. The van der Waals surface area contributed by atoms with Crippen molar-refractivity contribution in [2.24, 2.45) is 0 Å². The molecular formula is C27H34N2O4. The van der Waals surface area contributed by atoms with Crippen LogP contribution in [0, 0.1) is 0 Å². The van der Waals surface area contributed by atoms with Crippen LogP contribution in [0.3, 0.4) is 0 Å². The maximum atomic E-state index is 12.9. The fourth-order valence-electron chi connectivity index (χ4n) is 4.16. The van der Waals surface area contributed by atoms with Crippen LogP contribution in [0.5, 0.6) is 0 Å². The molecule has 0 radical (unpaired) electrons. The maximum absolute atomic E-state index is 12.9. The van der Waals surface area contributed by atoms with Gasteiger partial charge in [-0.1, -0.05) is 54.1 Å². The number of hydrogen-bond donors (Lipinski definition) is 2. The van der Waals surface area contributed by atoms with Gasteiger partial charge in [0.05, 0.1) is 25.4 Å². The third kappa shape index (κ3) is 7.98. The molecule has 0 bridgehead atoms. The predicted octanol–water partition coefficient (Wildman–Crippen LogP) is 3.17. The number of epoxide rings is 2. The smallest absolute Gasteiger partial charge is 0.243 e. The van der Waals surface area contributed by atoms with E-state index in [2.05, 4.69) is 47.1 Å². The van der Waals surface area contributed by atoms with Crippen LogP contribution in [0.1, 0.15) is 43.7 Å². The number of allylic oxidation sites excluding steroid dienone is 5. The second kappa shape index (κ2) is 11.4. The Bertz CT molecular complexity index is 911. The number of rotatable bonds is 13. The molecule has 0 saturated carbocycles. The zero-order valence-electron chi connectivity index (χ0n) is 19.3. The van der Waals surface area contributed by atoms with E-state index in [9.17, 15) is 9.59 Å². The fraction of sp³-hybridized carbons (Fsp3) is 0.481. The Morgan fingerprint density at radius 3 is 2.39 bits per heavy atom. The highest BCUT2D eigenvalue weighted by molar-refractivity contribution is 5.84. The Balaban J connectivity index is 1.25. The molecular weight excluding hydrogens is 416 g/mol. The van der Waals surface area contributed by atoms with E-state index < -0.39 is 6.04 Å². The van der Waals surface area contributed by atoms with Crippen LogP contribution in [0.25, 0.3) is 0 Å². The van der Waals surface area contributed by atoms with Crippen molar-refractivity contribution in [3.63, 3.8) is 0 Å². The van der Waals surface area contributed by atoms with Crippen LogP contribution in [0.4, 0.5) is 0 Å². The summed E-state index contributed by atoms with van der Waals surface area (Å²) in [4.78, 5) is 24.0. The first kappa shape index (κ1) is 23.5. The third-order valence-electron chi connectivity index (χ3n) is 6.27. The predicted molar refractivity (Wildman–Crippen MR) is 128 cm³/mol. The molecule has 6 heteroatoms. The molecule has 2 N–H and O–H groups in total. The van der Waals surface area contributed by atoms with E-state index >= 15 is 0 Å². The van der Waals surface area contributed by atoms with E-state index in [1.54, 1.807) is 0 Å². The van der Waals surface area contributed by atoms with E-state index in [1.807, 2.05) is 19.1 Å². The lowest BCUT2D eigenvalue weighted by Gasteiger charge is -2.20. The van der Waals surface area contributed by atoms with Crippen LogP contribution in [-0.2, 0) is 31.9 Å². The minimum Gasteiger partial charge on any atom is -0.373 e. The van der Waals surface area contributed by atoms with Crippen molar-refractivity contribution in [3.8, 4) is 0 Å². The monoisotopic (exact) mass is 450 g/mol. The average Bonchev–Trinajstić information content (AvgIpc) is 3.69. The Kier molecular flexibility index (Phi) is 8.13. The van der Waals surface area contributed by atoms with Crippen molar-refractivity contribution >= 4 is 12.3 Å². The summed E-state index contributed by atoms with van der Waals surface area (Å²) in [5, 5.41) is 5.75. The number of carbonyl (C=O) groups is 2. The number of amides is 2. The summed E-state index contributed by atoms with van der Waals surface area (Å²) >= 11 is 0. The van der Waals surface area contributed by atoms with Gasteiger partial charge < -0.3 is 20.1 Å². The molecule has 176 valence electrons. The van der Waals surface area contributed by atoms with Crippen LogP contribution in [0.2, 0.25) is 0 Å². The molecule has 1 aromatic rings. The van der Waals surface area contributed by atoms with Gasteiger partial charge in [-0.15, -0.1) is 0 Å². The van der Waals surface area contributed by atoms with Crippen molar-refractivity contribution in [1.29, 1.82) is 0 Å². The third-order valence-corrected chi connectivity index (χ3v) is 6.27. The van der Waals surface area contributed by atoms with E-state index in [1.165, 1.54) is 16.7 Å². The molecule has 2 heterocycles. The molecule has 6 nitrogen and oxygen atoms in total. The van der Waals surface area contributed by atoms with Gasteiger partial charge in [0.2, 0.25) is 12.3 Å². The molecule has 2 fully saturated rings. The molecule has 3 aliphatic rings. The molecule has 1 aliphatic carbocycles. The highest BCUT2D eigenvalue weighted by atomic mass is 16.6. The first-order valence-corrected chi connectivity index (χ1v) is 12.0. The molecule has 2 aliphatic heterocycles. The summed E-state index contributed by atoms with van der Waals surface area (Å²) < 4.78 is 10.6. The molecule has 4 unspecified atom stereocenters. The van der Waals surface area contributed by atoms with Gasteiger partial charge in [0.1, 0.15) is 6.04 Å². The van der Waals surface area contributed by atoms with Crippen molar-refractivity contribution in [2.45, 2.75) is 69.7 Å². The SMILES string of the molecule is CC(CC1=CCC=C(CCC2CO2)C=C1)NC(=O)C(Cc1ccc(CC2CO2)cc1)NC=O. The van der Waals surface area contributed by atoms with Gasteiger partial charge in [0.15, 0.2) is 0 Å². The largest absolute Gasteiger partial charge is 0.373 e. The number of benzene rings is 1. The summed E-state index contributed by atoms with van der Waals surface area (Å²) in [5.74, 6) is -0.161. The summed E-state index contributed by atoms with van der Waals surface area (Å²) in [5.41, 5.74) is 4.80. The van der Waals surface area contributed by atoms with Gasteiger partial charge >= 0.3 is 0 Å². The van der Waals surface area contributed by atoms with Crippen molar-refractivity contribution in [2.75, 3.05) is 13.2 Å². The van der Waals surface area contributed by atoms with Crippen LogP contribution >= 0.6 is 0 Å². The number of ether oxygens (including phenoxy) is 2. The van der Waals surface area contributed by atoms with E-state index in [-0.39, 0.29) is 11.9 Å². The normalized spacial score (nSPS) is 22.9. The first-order valence-electron chi connectivity index (χ1n) is 12.0.